The van der Waals surface area contributed by atoms with Crippen molar-refractivity contribution in [2.24, 2.45) is 0 Å². The number of aryl methyl sites for hydroxylation is 3. The van der Waals surface area contributed by atoms with Crippen LogP contribution in [0.1, 0.15) is 136 Å². The van der Waals surface area contributed by atoms with E-state index in [2.05, 4.69) is 188 Å². The third kappa shape index (κ3) is 15.5. The number of nitrogens with zero attached hydrogens (tertiary/aromatic N) is 10. The van der Waals surface area contributed by atoms with Crippen LogP contribution in [0.25, 0.3) is 195 Å². The van der Waals surface area contributed by atoms with Crippen LogP contribution in [0.4, 0.5) is 43.4 Å². The first-order valence-electron chi connectivity index (χ1n) is 45.3. The Balaban J connectivity index is 0.604. The van der Waals surface area contributed by atoms with Crippen LogP contribution in [0.15, 0.2) is 237 Å². The lowest BCUT2D eigenvalue weighted by Crippen LogP contribution is -2.10. The summed E-state index contributed by atoms with van der Waals surface area (Å²) in [5.74, 6) is -6.40. The lowest BCUT2D eigenvalue weighted by Gasteiger charge is -2.26. The Morgan fingerprint density at radius 3 is 0.746 bits per heavy atom. The van der Waals surface area contributed by atoms with E-state index in [9.17, 15) is 0 Å². The minimum absolute atomic E-state index is 0.0303. The normalized spacial score (nSPS) is 12.1. The maximum atomic E-state index is 17.5. The van der Waals surface area contributed by atoms with Gasteiger partial charge in [0.2, 0.25) is 0 Å². The van der Waals surface area contributed by atoms with Gasteiger partial charge in [-0.2, -0.15) is 26.2 Å². The molecule has 9 aromatic heterocycles. The number of benzene rings is 12. The molecular weight excluding hydrogens is 1740 g/mol. The van der Waals surface area contributed by atoms with Crippen LogP contribution in [0, 0.1) is 34.9 Å². The van der Waals surface area contributed by atoms with E-state index in [-0.39, 0.29) is 66.5 Å². The number of rotatable bonds is 33. The largest absolute Gasteiger partial charge is 0.340 e. The average Bonchev–Trinajstić information content (AvgIpc) is 1.52. The van der Waals surface area contributed by atoms with Gasteiger partial charge in [-0.3, -0.25) is 0 Å². The maximum Gasteiger partial charge on any atom is 0.170 e. The number of hydrogen-bond donors (Lipinski definition) is 0. The van der Waals surface area contributed by atoms with Gasteiger partial charge in [-0.05, 0) is 180 Å². The van der Waals surface area contributed by atoms with Gasteiger partial charge in [0, 0.05) is 148 Å². The van der Waals surface area contributed by atoms with E-state index < -0.39 is 34.9 Å². The molecule has 0 spiro atoms. The van der Waals surface area contributed by atoms with Gasteiger partial charge in [0.05, 0.1) is 51.9 Å². The summed E-state index contributed by atoms with van der Waals surface area (Å²) < 4.78 is 140. The van der Waals surface area contributed by atoms with Gasteiger partial charge in [-0.25, -0.2) is 26.3 Å². The molecule has 0 saturated heterocycles. The summed E-state index contributed by atoms with van der Waals surface area (Å²) in [6.45, 7) is 9.48. The molecule has 0 unspecified atom stereocenters. The number of unbranched alkanes of at least 4 members (excludes halogenated alkanes) is 15. The lowest BCUT2D eigenvalue weighted by molar-refractivity contribution is 0.515. The number of thiophene rings is 3. The first-order chi connectivity index (χ1) is 63.9. The van der Waals surface area contributed by atoms with Crippen molar-refractivity contribution in [2.45, 2.75) is 156 Å². The molecule has 0 radical (unpaired) electrons. The van der Waals surface area contributed by atoms with Crippen molar-refractivity contribution in [1.82, 2.24) is 39.9 Å². The zero-order valence-electron chi connectivity index (χ0n) is 72.1. The molecule has 0 aliphatic carbocycles. The van der Waals surface area contributed by atoms with Crippen molar-refractivity contribution in [3.63, 3.8) is 0 Å². The quantitative estimate of drug-likeness (QED) is 0.0299. The van der Waals surface area contributed by atoms with Gasteiger partial charge in [0.1, 0.15) is 33.1 Å². The summed E-state index contributed by atoms with van der Waals surface area (Å²) in [4.78, 5) is 6.08. The Bertz CT molecular complexity index is 7090. The number of hydrogen-bond acceptors (Lipinski definition) is 13. The SMILES string of the molecule is CCCCCCCCn1c2ccccc2c2cc(-c3ccc(-c4c(F)c(F)c(-c5ccc(N(c6ccc(-c7c(F)c(F)c(-c8ccc(-c9ccc%10c(c9)c9ccccc9n%10CCCCCCCC)s8)c8nsnc78)cc6)c6ccc(-c7c(F)c(F)c(-c8ccc(-c9ccc%10c(c9)c9ccccc9n%10CCCCCCCC)s8)c8nsnc78)cc6)cc5)c5nsnc45)s3)ccc21. The van der Waals surface area contributed by atoms with Crippen molar-refractivity contribution in [3.8, 4) is 96.0 Å². The van der Waals surface area contributed by atoms with E-state index in [1.54, 1.807) is 72.8 Å². The molecule has 22 heteroatoms. The van der Waals surface area contributed by atoms with Crippen molar-refractivity contribution in [2.75, 3.05) is 4.90 Å². The predicted molar refractivity (Wildman–Crippen MR) is 535 cm³/mol. The zero-order valence-corrected chi connectivity index (χ0v) is 77.0. The van der Waals surface area contributed by atoms with Crippen LogP contribution in [0.5, 0.6) is 0 Å². The van der Waals surface area contributed by atoms with Crippen LogP contribution in [0.2, 0.25) is 0 Å². The molecule has 0 amide bonds. The number of aromatic nitrogens is 9. The molecule has 0 aliphatic rings. The molecule has 0 fully saturated rings. The molecule has 130 heavy (non-hydrogen) atoms. The second-order valence-electron chi connectivity index (χ2n) is 34.0. The van der Waals surface area contributed by atoms with Crippen LogP contribution in [0.3, 0.4) is 0 Å². The molecule has 10 nitrogen and oxygen atoms in total. The first kappa shape index (κ1) is 84.8. The zero-order chi connectivity index (χ0) is 88.2. The summed E-state index contributed by atoms with van der Waals surface area (Å²) in [6.07, 6.45) is 21.7. The first-order valence-corrected chi connectivity index (χ1v) is 49.9. The number of anilines is 3. The Morgan fingerprint density at radius 2 is 0.462 bits per heavy atom. The topological polar surface area (TPSA) is 95.4 Å². The van der Waals surface area contributed by atoms with Crippen molar-refractivity contribution in [1.29, 1.82) is 0 Å². The van der Waals surface area contributed by atoms with E-state index in [4.69, 9.17) is 0 Å². The minimum Gasteiger partial charge on any atom is -0.340 e. The van der Waals surface area contributed by atoms with Gasteiger partial charge in [-0.1, -0.05) is 226 Å². The summed E-state index contributed by atoms with van der Waals surface area (Å²) >= 11 is 6.75. The van der Waals surface area contributed by atoms with Gasteiger partial charge >= 0.3 is 0 Å². The molecule has 0 aliphatic heterocycles. The molecule has 0 saturated carbocycles. The molecule has 0 atom stereocenters. The highest BCUT2D eigenvalue weighted by molar-refractivity contribution is 7.19. The molecule has 650 valence electrons. The summed E-state index contributed by atoms with van der Waals surface area (Å²) in [5, 5.41) is 6.91. The fourth-order valence-corrected chi connectivity index (χ4v) is 24.3. The summed E-state index contributed by atoms with van der Waals surface area (Å²) in [6, 6.07) is 77.2. The van der Waals surface area contributed by atoms with E-state index in [0.717, 1.165) is 138 Å². The predicted octanol–water partition coefficient (Wildman–Crippen LogP) is 34.6. The van der Waals surface area contributed by atoms with Crippen molar-refractivity contribution >= 4 is 185 Å². The Morgan fingerprint density at radius 1 is 0.231 bits per heavy atom. The number of fused-ring (bicyclic) bond motifs is 12. The molecule has 0 bridgehead atoms. The van der Waals surface area contributed by atoms with Gasteiger partial charge in [0.25, 0.3) is 0 Å². The highest BCUT2D eigenvalue weighted by Gasteiger charge is 2.32. The van der Waals surface area contributed by atoms with Crippen LogP contribution >= 0.6 is 69.2 Å². The molecule has 9 heterocycles. The van der Waals surface area contributed by atoms with Crippen LogP contribution in [-0.2, 0) is 19.6 Å². The molecular formula is C108H90F6N10S6. The third-order valence-electron chi connectivity index (χ3n) is 26.0. The fourth-order valence-electron chi connectivity index (χ4n) is 19.5. The van der Waals surface area contributed by atoms with E-state index in [1.807, 2.05) is 41.3 Å². The van der Waals surface area contributed by atoms with Crippen molar-refractivity contribution < 1.29 is 26.3 Å². The minimum atomic E-state index is -1.08. The summed E-state index contributed by atoms with van der Waals surface area (Å²) in [5.41, 5.74) is 13.7. The third-order valence-corrected chi connectivity index (χ3v) is 31.0. The standard InChI is InChI=1S/C108H90F6N10S6/c1-4-7-10-13-16-25-58-121-79-31-22-19-28-73(79)76-61-67(40-49-82(76)121)85-52-55-88(125-85)94-100(112)97(109)91(103-106(94)118-128-115-103)64-34-43-70(44-35-64)124(71-45-36-65(37-46-71)92-98(110)101(113)95(107-104(92)116-129-119-107)89-56-53-86(126-89)68-41-50-83-77(62-68)74-29-20-23-32-80(74)122(83)59-26-17-14-11-8-5-2)72-47-38-66(39-48-72)93-99(111)102(114)96(108-105(93)117-130-120-108)90-57-54-87(127-90)69-42-51-84-78(63-69)75-30-21-24-33-81(75)123(84)60-27-18-15-12-9-6-3/h19-24,28-57,61-63H,4-18,25-27,58-60H2,1-3H3. The second-order valence-corrected chi connectivity index (χ2v) is 38.8. The van der Waals surface area contributed by atoms with Crippen LogP contribution < -0.4 is 4.90 Å². The lowest BCUT2D eigenvalue weighted by atomic mass is 9.97. The van der Waals surface area contributed by atoms with Gasteiger partial charge in [0.15, 0.2) is 34.9 Å². The molecule has 12 aromatic carbocycles. The van der Waals surface area contributed by atoms with Gasteiger partial charge in [-0.15, -0.1) is 34.0 Å². The Hall–Kier alpha value is -12.0. The van der Waals surface area contributed by atoms with E-state index in [0.29, 0.717) is 48.4 Å². The summed E-state index contributed by atoms with van der Waals surface area (Å²) in [7, 11) is 0. The molecule has 21 aromatic rings. The molecule has 0 N–H and O–H groups in total. The van der Waals surface area contributed by atoms with E-state index in [1.165, 1.54) is 163 Å². The van der Waals surface area contributed by atoms with E-state index >= 15 is 26.3 Å². The fraction of sp³-hybridized carbons (Fsp3) is 0.222. The highest BCUT2D eigenvalue weighted by atomic mass is 32.1. The second kappa shape index (κ2) is 36.7. The Kier molecular flexibility index (Phi) is 24.0. The smallest absolute Gasteiger partial charge is 0.170 e. The van der Waals surface area contributed by atoms with Gasteiger partial charge < -0.3 is 18.6 Å². The number of para-hydroxylation sites is 3. The number of halogens is 6. The average molecular weight is 1830 g/mol. The monoisotopic (exact) mass is 1830 g/mol. The molecule has 21 rings (SSSR count). The Labute approximate surface area is 773 Å². The van der Waals surface area contributed by atoms with Crippen molar-refractivity contribution in [3.05, 3.63) is 271 Å². The maximum absolute atomic E-state index is 17.5. The highest BCUT2D eigenvalue weighted by Crippen LogP contribution is 2.51. The van der Waals surface area contributed by atoms with Crippen LogP contribution in [-0.4, -0.2) is 39.9 Å².